The zero-order valence-electron chi connectivity index (χ0n) is 10.5. The zero-order valence-corrected chi connectivity index (χ0v) is 10.5. The summed E-state index contributed by atoms with van der Waals surface area (Å²) in [4.78, 5) is 13.2. The van der Waals surface area contributed by atoms with Crippen molar-refractivity contribution in [1.82, 2.24) is 4.90 Å². The summed E-state index contributed by atoms with van der Waals surface area (Å²) in [5, 5.41) is 9.44. The summed E-state index contributed by atoms with van der Waals surface area (Å²) < 4.78 is 10.4. The van der Waals surface area contributed by atoms with E-state index >= 15 is 0 Å². The molecule has 98 valence electrons. The Balaban J connectivity index is 2.16. The Morgan fingerprint density at radius 3 is 2.72 bits per heavy atom. The fraction of sp³-hybridized carbons (Fsp3) is 0.462. The smallest absolute Gasteiger partial charge is 0.225 e. The van der Waals surface area contributed by atoms with Crippen LogP contribution < -0.4 is 9.47 Å². The molecule has 0 bridgehead atoms. The van der Waals surface area contributed by atoms with Crippen LogP contribution in [0.5, 0.6) is 11.5 Å². The molecule has 2 rings (SSSR count). The number of likely N-dealkylation sites (tertiary alicyclic amines) is 1. The van der Waals surface area contributed by atoms with Crippen molar-refractivity contribution in [3.63, 3.8) is 0 Å². The van der Waals surface area contributed by atoms with Crippen LogP contribution in [0.3, 0.4) is 0 Å². The average molecular weight is 251 g/mol. The van der Waals surface area contributed by atoms with Gasteiger partial charge in [-0.1, -0.05) is 0 Å². The lowest BCUT2D eigenvalue weighted by atomic mass is 10.2. The molecule has 1 aliphatic heterocycles. The predicted molar refractivity (Wildman–Crippen MR) is 65.6 cm³/mol. The highest BCUT2D eigenvalue weighted by Gasteiger charge is 2.28. The van der Waals surface area contributed by atoms with Crippen LogP contribution in [0.1, 0.15) is 12.0 Å². The van der Waals surface area contributed by atoms with Crippen molar-refractivity contribution in [3.05, 3.63) is 23.8 Å². The van der Waals surface area contributed by atoms with Gasteiger partial charge in [-0.15, -0.1) is 0 Å². The van der Waals surface area contributed by atoms with Crippen LogP contribution in [0.4, 0.5) is 0 Å². The first-order chi connectivity index (χ1) is 8.63. The summed E-state index contributed by atoms with van der Waals surface area (Å²) >= 11 is 0. The number of hydrogen-bond acceptors (Lipinski definition) is 4. The van der Waals surface area contributed by atoms with Gasteiger partial charge in [0.1, 0.15) is 11.5 Å². The number of carbonyl (C=O) groups is 1. The molecule has 0 saturated carbocycles. The maximum Gasteiger partial charge on any atom is 0.225 e. The fourth-order valence-electron chi connectivity index (χ4n) is 2.09. The molecule has 0 aliphatic carbocycles. The van der Waals surface area contributed by atoms with E-state index in [2.05, 4.69) is 0 Å². The van der Waals surface area contributed by atoms with Crippen molar-refractivity contribution < 1.29 is 19.4 Å². The molecular weight excluding hydrogens is 234 g/mol. The van der Waals surface area contributed by atoms with E-state index in [-0.39, 0.29) is 12.3 Å². The lowest BCUT2D eigenvalue weighted by Gasteiger charge is -2.18. The highest BCUT2D eigenvalue weighted by Crippen LogP contribution is 2.27. The molecule has 1 amide bonds. The van der Waals surface area contributed by atoms with E-state index in [0.717, 1.165) is 5.56 Å². The number of aliphatic hydroxyl groups excluding tert-OH is 1. The van der Waals surface area contributed by atoms with E-state index in [9.17, 15) is 9.90 Å². The molecule has 1 atom stereocenters. The molecule has 5 nitrogen and oxygen atoms in total. The van der Waals surface area contributed by atoms with Crippen LogP contribution >= 0.6 is 0 Å². The largest absolute Gasteiger partial charge is 0.497 e. The second-order valence-corrected chi connectivity index (χ2v) is 4.31. The Bertz CT molecular complexity index is 447. The Morgan fingerprint density at radius 2 is 2.17 bits per heavy atom. The van der Waals surface area contributed by atoms with Gasteiger partial charge >= 0.3 is 0 Å². The van der Waals surface area contributed by atoms with Crippen molar-refractivity contribution in [2.75, 3.05) is 20.8 Å². The van der Waals surface area contributed by atoms with Gasteiger partial charge in [0.05, 0.1) is 26.7 Å². The van der Waals surface area contributed by atoms with Crippen molar-refractivity contribution in [2.24, 2.45) is 0 Å². The lowest BCUT2D eigenvalue weighted by molar-refractivity contribution is -0.128. The van der Waals surface area contributed by atoms with Gasteiger partial charge in [-0.3, -0.25) is 4.79 Å². The van der Waals surface area contributed by atoms with Gasteiger partial charge < -0.3 is 19.5 Å². The third kappa shape index (κ3) is 2.56. The van der Waals surface area contributed by atoms with E-state index in [1.54, 1.807) is 25.2 Å². The average Bonchev–Trinajstić information content (AvgIpc) is 2.68. The molecule has 0 aromatic heterocycles. The number of carbonyl (C=O) groups excluding carboxylic acids is 1. The van der Waals surface area contributed by atoms with E-state index in [1.165, 1.54) is 0 Å². The van der Waals surface area contributed by atoms with Crippen molar-refractivity contribution in [2.45, 2.75) is 19.1 Å². The van der Waals surface area contributed by atoms with E-state index in [0.29, 0.717) is 24.6 Å². The zero-order chi connectivity index (χ0) is 13.1. The summed E-state index contributed by atoms with van der Waals surface area (Å²) in [5.41, 5.74) is 0.903. The number of aliphatic hydroxyl groups is 1. The molecule has 1 fully saturated rings. The molecule has 5 heteroatoms. The fourth-order valence-corrected chi connectivity index (χ4v) is 2.09. The second kappa shape index (κ2) is 5.27. The maximum absolute atomic E-state index is 11.6. The molecule has 1 N–H and O–H groups in total. The molecule has 1 aromatic rings. The van der Waals surface area contributed by atoms with Crippen molar-refractivity contribution in [1.29, 1.82) is 0 Å². The molecular formula is C13H17NO4. The van der Waals surface area contributed by atoms with Gasteiger partial charge in [0, 0.05) is 24.7 Å². The Morgan fingerprint density at radius 1 is 1.39 bits per heavy atom. The highest BCUT2D eigenvalue weighted by atomic mass is 16.5. The van der Waals surface area contributed by atoms with Crippen LogP contribution in [0.15, 0.2) is 18.2 Å². The van der Waals surface area contributed by atoms with Gasteiger partial charge in [0.15, 0.2) is 0 Å². The summed E-state index contributed by atoms with van der Waals surface area (Å²) in [5.74, 6) is 1.37. The molecule has 18 heavy (non-hydrogen) atoms. The van der Waals surface area contributed by atoms with Crippen LogP contribution in [0.25, 0.3) is 0 Å². The minimum atomic E-state index is -0.554. The molecule has 0 spiro atoms. The third-order valence-electron chi connectivity index (χ3n) is 3.05. The topological polar surface area (TPSA) is 59.0 Å². The van der Waals surface area contributed by atoms with E-state index in [1.807, 2.05) is 12.1 Å². The Kier molecular flexibility index (Phi) is 3.72. The number of β-amino-alcohol motifs (C(OH)–C–C–N with tert-alkyl or cyclic N) is 1. The Hall–Kier alpha value is -1.75. The summed E-state index contributed by atoms with van der Waals surface area (Å²) in [7, 11) is 3.17. The molecule has 1 aromatic carbocycles. The molecule has 1 aliphatic rings. The molecule has 0 radical (unpaired) electrons. The van der Waals surface area contributed by atoms with Crippen LogP contribution in [0, 0.1) is 0 Å². The minimum absolute atomic E-state index is 0.0274. The third-order valence-corrected chi connectivity index (χ3v) is 3.05. The number of ether oxygens (including phenoxy) is 2. The number of methoxy groups -OCH3 is 2. The first kappa shape index (κ1) is 12.7. The normalized spacial score (nSPS) is 19.2. The number of hydrogen-bond donors (Lipinski definition) is 1. The summed E-state index contributed by atoms with van der Waals surface area (Å²) in [6.07, 6.45) is -0.347. The second-order valence-electron chi connectivity index (χ2n) is 4.31. The first-order valence-corrected chi connectivity index (χ1v) is 5.80. The van der Waals surface area contributed by atoms with Crippen LogP contribution in [-0.2, 0) is 11.3 Å². The van der Waals surface area contributed by atoms with Crippen molar-refractivity contribution >= 4 is 5.91 Å². The predicted octanol–water partition coefficient (Wildman–Crippen LogP) is 0.797. The quantitative estimate of drug-likeness (QED) is 0.859. The lowest BCUT2D eigenvalue weighted by Crippen LogP contribution is -2.25. The van der Waals surface area contributed by atoms with Gasteiger partial charge in [0.2, 0.25) is 5.91 Å². The van der Waals surface area contributed by atoms with Gasteiger partial charge in [0.25, 0.3) is 0 Å². The first-order valence-electron chi connectivity index (χ1n) is 5.80. The van der Waals surface area contributed by atoms with Gasteiger partial charge in [-0.25, -0.2) is 0 Å². The van der Waals surface area contributed by atoms with E-state index < -0.39 is 6.10 Å². The monoisotopic (exact) mass is 251 g/mol. The number of nitrogens with zero attached hydrogens (tertiary/aromatic N) is 1. The number of rotatable bonds is 4. The van der Waals surface area contributed by atoms with Crippen LogP contribution in [0.2, 0.25) is 0 Å². The number of amides is 1. The molecule has 1 heterocycles. The number of benzene rings is 1. The van der Waals surface area contributed by atoms with Gasteiger partial charge in [-0.2, -0.15) is 0 Å². The summed E-state index contributed by atoms with van der Waals surface area (Å²) in [6.45, 7) is 0.830. The molecule has 1 saturated heterocycles. The van der Waals surface area contributed by atoms with Crippen molar-refractivity contribution in [3.8, 4) is 11.5 Å². The highest BCUT2D eigenvalue weighted by molar-refractivity contribution is 5.79. The maximum atomic E-state index is 11.6. The van der Waals surface area contributed by atoms with Crippen LogP contribution in [-0.4, -0.2) is 42.8 Å². The van der Waals surface area contributed by atoms with E-state index in [4.69, 9.17) is 9.47 Å². The standard InChI is InChI=1S/C13H17NO4/c1-17-11-4-3-9(12(6-11)18-2)7-14-8-10(15)5-13(14)16/h3-4,6,10,15H,5,7-8H2,1-2H3. The van der Waals surface area contributed by atoms with Gasteiger partial charge in [-0.05, 0) is 12.1 Å². The minimum Gasteiger partial charge on any atom is -0.497 e. The molecule has 1 unspecified atom stereocenters. The summed E-state index contributed by atoms with van der Waals surface area (Å²) in [6, 6.07) is 5.48. The SMILES string of the molecule is COc1ccc(CN2CC(O)CC2=O)c(OC)c1. The Labute approximate surface area is 106 Å².